The van der Waals surface area contributed by atoms with Gasteiger partial charge in [0, 0.05) is 28.6 Å². The van der Waals surface area contributed by atoms with Gasteiger partial charge in [0.05, 0.1) is 0 Å². The highest BCUT2D eigenvalue weighted by Gasteiger charge is 2.42. The van der Waals surface area contributed by atoms with Gasteiger partial charge in [0.25, 0.3) is 0 Å². The molecule has 4 aromatic carbocycles. The molecule has 0 aromatic heterocycles. The normalized spacial score (nSPS) is 16.4. The molecule has 2 nitrogen and oxygen atoms in total. The summed E-state index contributed by atoms with van der Waals surface area (Å²) in [6, 6.07) is 32.8. The molecule has 1 fully saturated rings. The average molecular weight is 643 g/mol. The number of anilines is 2. The van der Waals surface area contributed by atoms with E-state index in [2.05, 4.69) is 120 Å². The zero-order valence-corrected chi connectivity index (χ0v) is 30.7. The summed E-state index contributed by atoms with van der Waals surface area (Å²) in [4.78, 5) is 0. The molecular formula is C46H62N2. The summed E-state index contributed by atoms with van der Waals surface area (Å²) in [5.41, 5.74) is 25.2. The van der Waals surface area contributed by atoms with Gasteiger partial charge in [0.1, 0.15) is 0 Å². The molecular weight excluding hydrogens is 581 g/mol. The molecule has 0 radical (unpaired) electrons. The Kier molecular flexibility index (Phi) is 12.5. The maximum absolute atomic E-state index is 6.14. The van der Waals surface area contributed by atoms with E-state index in [-0.39, 0.29) is 5.41 Å². The minimum absolute atomic E-state index is 0.0291. The van der Waals surface area contributed by atoms with Gasteiger partial charge in [-0.1, -0.05) is 133 Å². The number of nitrogen functional groups attached to an aromatic ring is 2. The molecule has 48 heavy (non-hydrogen) atoms. The average Bonchev–Trinajstić information content (AvgIpc) is 3.10. The summed E-state index contributed by atoms with van der Waals surface area (Å²) in [6.45, 7) is 11.4. The van der Waals surface area contributed by atoms with Gasteiger partial charge in [-0.05, 0) is 121 Å². The Bertz CT molecular complexity index is 1470. The summed E-state index contributed by atoms with van der Waals surface area (Å²) >= 11 is 0. The second-order valence-corrected chi connectivity index (χ2v) is 14.9. The third kappa shape index (κ3) is 7.85. The van der Waals surface area contributed by atoms with Crippen LogP contribution >= 0.6 is 0 Å². The van der Waals surface area contributed by atoms with Crippen molar-refractivity contribution in [2.45, 2.75) is 135 Å². The highest BCUT2D eigenvalue weighted by molar-refractivity contribution is 5.51. The molecule has 0 amide bonds. The molecule has 4 N–H and O–H groups in total. The highest BCUT2D eigenvalue weighted by Crippen LogP contribution is 2.50. The summed E-state index contributed by atoms with van der Waals surface area (Å²) in [7, 11) is 0. The fourth-order valence-electron chi connectivity index (χ4n) is 9.21. The third-order valence-corrected chi connectivity index (χ3v) is 11.8. The van der Waals surface area contributed by atoms with Gasteiger partial charge in [0.15, 0.2) is 0 Å². The van der Waals surface area contributed by atoms with Crippen LogP contribution in [-0.4, -0.2) is 0 Å². The van der Waals surface area contributed by atoms with E-state index in [9.17, 15) is 0 Å². The van der Waals surface area contributed by atoms with E-state index in [1.807, 2.05) is 0 Å². The maximum Gasteiger partial charge on any atom is 0.0316 e. The van der Waals surface area contributed by atoms with Crippen LogP contribution in [0.25, 0.3) is 0 Å². The lowest BCUT2D eigenvalue weighted by atomic mass is 9.59. The maximum atomic E-state index is 6.14. The predicted octanol–water partition coefficient (Wildman–Crippen LogP) is 12.8. The van der Waals surface area contributed by atoms with Crippen molar-refractivity contribution in [1.29, 1.82) is 0 Å². The fourth-order valence-corrected chi connectivity index (χ4v) is 9.21. The molecule has 2 heteroatoms. The molecule has 2 atom stereocenters. The highest BCUT2D eigenvalue weighted by atomic mass is 14.5. The van der Waals surface area contributed by atoms with E-state index in [1.165, 1.54) is 115 Å². The van der Waals surface area contributed by atoms with Gasteiger partial charge < -0.3 is 11.5 Å². The van der Waals surface area contributed by atoms with Crippen LogP contribution in [-0.2, 0) is 5.41 Å². The predicted molar refractivity (Wildman–Crippen MR) is 209 cm³/mol. The van der Waals surface area contributed by atoms with Gasteiger partial charge >= 0.3 is 0 Å². The smallest absolute Gasteiger partial charge is 0.0316 e. The van der Waals surface area contributed by atoms with Crippen LogP contribution in [0.4, 0.5) is 11.4 Å². The van der Waals surface area contributed by atoms with Gasteiger partial charge in [-0.2, -0.15) is 0 Å². The molecule has 2 unspecified atom stereocenters. The molecule has 4 aromatic rings. The van der Waals surface area contributed by atoms with Crippen molar-refractivity contribution in [3.63, 3.8) is 0 Å². The van der Waals surface area contributed by atoms with Crippen molar-refractivity contribution in [3.8, 4) is 0 Å². The monoisotopic (exact) mass is 642 g/mol. The first-order valence-electron chi connectivity index (χ1n) is 19.2. The van der Waals surface area contributed by atoms with Gasteiger partial charge in [-0.25, -0.2) is 0 Å². The lowest BCUT2D eigenvalue weighted by Gasteiger charge is -2.45. The molecule has 5 rings (SSSR count). The largest absolute Gasteiger partial charge is 0.399 e. The van der Waals surface area contributed by atoms with E-state index < -0.39 is 0 Å². The van der Waals surface area contributed by atoms with Crippen molar-refractivity contribution in [2.24, 2.45) is 5.92 Å². The van der Waals surface area contributed by atoms with Gasteiger partial charge in [-0.3, -0.25) is 0 Å². The molecule has 1 saturated carbocycles. The van der Waals surface area contributed by atoms with E-state index in [1.54, 1.807) is 0 Å². The second-order valence-electron chi connectivity index (χ2n) is 14.9. The molecule has 256 valence electrons. The first-order valence-corrected chi connectivity index (χ1v) is 19.2. The Morgan fingerprint density at radius 3 is 1.46 bits per heavy atom. The van der Waals surface area contributed by atoms with Crippen LogP contribution in [0.2, 0.25) is 0 Å². The zero-order valence-electron chi connectivity index (χ0n) is 30.7. The summed E-state index contributed by atoms with van der Waals surface area (Å²) in [5.74, 6) is 1.41. The Morgan fingerprint density at radius 1 is 0.583 bits per heavy atom. The summed E-state index contributed by atoms with van der Waals surface area (Å²) < 4.78 is 0. The van der Waals surface area contributed by atoms with Crippen molar-refractivity contribution in [1.82, 2.24) is 0 Å². The topological polar surface area (TPSA) is 52.0 Å². The zero-order chi connectivity index (χ0) is 34.1. The van der Waals surface area contributed by atoms with Gasteiger partial charge in [-0.15, -0.1) is 0 Å². The molecule has 0 bridgehead atoms. The molecule has 0 spiro atoms. The SMILES string of the molecule is CCCCCCCC(c1ccc(C(CC)c2ccc(N)cc2C)cc1)(c1ccc(C(CC)c2ccc(N)cc2C)cc1)C1CCCCC1. The third-order valence-electron chi connectivity index (χ3n) is 11.8. The molecule has 1 aliphatic carbocycles. The Balaban J connectivity index is 1.57. The van der Waals surface area contributed by atoms with E-state index in [0.29, 0.717) is 17.8 Å². The molecule has 0 aliphatic heterocycles. The van der Waals surface area contributed by atoms with E-state index in [0.717, 1.165) is 24.2 Å². The summed E-state index contributed by atoms with van der Waals surface area (Å²) in [5, 5.41) is 0. The van der Waals surface area contributed by atoms with Crippen LogP contribution in [0.5, 0.6) is 0 Å². The van der Waals surface area contributed by atoms with Crippen LogP contribution < -0.4 is 11.5 Å². The standard InChI is InChI=1S/C46H62N2/c1-6-9-10-11-15-30-46(37-16-13-12-14-17-37,38-22-18-35(19-23-38)42(7-2)44-28-26-40(47)31-33(44)4)39-24-20-36(21-25-39)43(8-3)45-29-27-41(48)32-34(45)5/h18-29,31-32,37,42-43H,6-17,30,47-48H2,1-5H3. The van der Waals surface area contributed by atoms with E-state index in [4.69, 9.17) is 11.5 Å². The van der Waals surface area contributed by atoms with Crippen molar-refractivity contribution in [3.05, 3.63) is 129 Å². The van der Waals surface area contributed by atoms with Gasteiger partial charge in [0.2, 0.25) is 0 Å². The number of unbranched alkanes of at least 4 members (excludes halogenated alkanes) is 4. The van der Waals surface area contributed by atoms with Crippen LogP contribution in [0, 0.1) is 19.8 Å². The van der Waals surface area contributed by atoms with Crippen molar-refractivity contribution < 1.29 is 0 Å². The number of hydrogen-bond acceptors (Lipinski definition) is 2. The number of hydrogen-bond donors (Lipinski definition) is 2. The molecule has 0 saturated heterocycles. The minimum atomic E-state index is 0.0291. The first kappa shape index (κ1) is 35.8. The number of aryl methyl sites for hydroxylation is 2. The van der Waals surface area contributed by atoms with E-state index >= 15 is 0 Å². The molecule has 1 aliphatic rings. The first-order chi connectivity index (χ1) is 23.3. The number of rotatable bonds is 15. The lowest BCUT2D eigenvalue weighted by Crippen LogP contribution is -2.38. The van der Waals surface area contributed by atoms with Crippen LogP contribution in [0.3, 0.4) is 0 Å². The Hall–Kier alpha value is -3.52. The Morgan fingerprint density at radius 2 is 1.04 bits per heavy atom. The van der Waals surface area contributed by atoms with Crippen LogP contribution in [0.15, 0.2) is 84.9 Å². The lowest BCUT2D eigenvalue weighted by molar-refractivity contribution is 0.220. The number of nitrogens with two attached hydrogens (primary N) is 2. The summed E-state index contributed by atoms with van der Waals surface area (Å²) in [6.07, 6.45) is 16.7. The quantitative estimate of drug-likeness (QED) is 0.100. The Labute approximate surface area is 292 Å². The van der Waals surface area contributed by atoms with Crippen LogP contribution in [0.1, 0.15) is 161 Å². The number of benzene rings is 4. The minimum Gasteiger partial charge on any atom is -0.399 e. The second kappa shape index (κ2) is 16.7. The van der Waals surface area contributed by atoms with Crippen molar-refractivity contribution >= 4 is 11.4 Å². The van der Waals surface area contributed by atoms with Crippen molar-refractivity contribution in [2.75, 3.05) is 11.5 Å². The molecule has 0 heterocycles. The fraction of sp³-hybridized carbons (Fsp3) is 0.478.